The first-order valence-electron chi connectivity index (χ1n) is 8.54. The van der Waals surface area contributed by atoms with E-state index in [0.717, 1.165) is 24.6 Å². The van der Waals surface area contributed by atoms with Gasteiger partial charge >= 0.3 is 0 Å². The van der Waals surface area contributed by atoms with E-state index in [-0.39, 0.29) is 5.91 Å². The first-order valence-corrected chi connectivity index (χ1v) is 8.91. The van der Waals surface area contributed by atoms with Crippen molar-refractivity contribution in [3.63, 3.8) is 0 Å². The Kier molecular flexibility index (Phi) is 4.59. The van der Waals surface area contributed by atoms with Gasteiger partial charge < -0.3 is 9.80 Å². The van der Waals surface area contributed by atoms with E-state index in [1.807, 2.05) is 30.3 Å². The Bertz CT molecular complexity index is 912. The van der Waals surface area contributed by atoms with Gasteiger partial charge in [0.1, 0.15) is 0 Å². The molecule has 3 aromatic rings. The molecule has 0 bridgehead atoms. The number of nitrogens with zero attached hydrogens (tertiary/aromatic N) is 3. The lowest BCUT2D eigenvalue weighted by molar-refractivity contribution is 0.0986. The van der Waals surface area contributed by atoms with Gasteiger partial charge in [0.15, 0.2) is 5.82 Å². The summed E-state index contributed by atoms with van der Waals surface area (Å²) in [6, 6.07) is 21.1. The van der Waals surface area contributed by atoms with Crippen molar-refractivity contribution in [3.8, 4) is 0 Å². The lowest BCUT2D eigenvalue weighted by Crippen LogP contribution is -2.44. The van der Waals surface area contributed by atoms with Crippen molar-refractivity contribution >= 4 is 29.0 Å². The van der Waals surface area contributed by atoms with Crippen LogP contribution in [0.15, 0.2) is 72.9 Å². The van der Waals surface area contributed by atoms with Crippen molar-refractivity contribution in [1.82, 2.24) is 4.98 Å². The Morgan fingerprint density at radius 2 is 1.73 bits per heavy atom. The van der Waals surface area contributed by atoms with Crippen LogP contribution in [-0.2, 0) is 6.54 Å². The van der Waals surface area contributed by atoms with Crippen molar-refractivity contribution in [3.05, 3.63) is 89.1 Å². The summed E-state index contributed by atoms with van der Waals surface area (Å²) in [5.41, 5.74) is 2.69. The van der Waals surface area contributed by atoms with Gasteiger partial charge in [0.25, 0.3) is 5.91 Å². The minimum atomic E-state index is -0.0322. The quantitative estimate of drug-likeness (QED) is 0.692. The van der Waals surface area contributed by atoms with E-state index in [0.29, 0.717) is 17.1 Å². The van der Waals surface area contributed by atoms with Crippen molar-refractivity contribution in [2.24, 2.45) is 0 Å². The third-order valence-electron chi connectivity index (χ3n) is 4.50. The van der Waals surface area contributed by atoms with E-state index in [1.54, 1.807) is 35.4 Å². The van der Waals surface area contributed by atoms with E-state index in [1.165, 1.54) is 5.56 Å². The van der Waals surface area contributed by atoms with E-state index < -0.39 is 0 Å². The van der Waals surface area contributed by atoms with Crippen molar-refractivity contribution in [1.29, 1.82) is 0 Å². The Morgan fingerprint density at radius 1 is 0.962 bits per heavy atom. The number of aromatic nitrogens is 1. The number of fused-ring (bicyclic) bond motifs is 1. The summed E-state index contributed by atoms with van der Waals surface area (Å²) >= 11 is 5.94. The third-order valence-corrected chi connectivity index (χ3v) is 4.75. The molecule has 0 unspecified atom stereocenters. The number of pyridine rings is 1. The molecule has 5 heteroatoms. The van der Waals surface area contributed by atoms with Crippen LogP contribution in [-0.4, -0.2) is 24.0 Å². The van der Waals surface area contributed by atoms with Gasteiger partial charge in [0, 0.05) is 36.4 Å². The maximum Gasteiger partial charge on any atom is 0.258 e. The van der Waals surface area contributed by atoms with Crippen LogP contribution in [0.4, 0.5) is 11.5 Å². The molecule has 4 nitrogen and oxygen atoms in total. The molecule has 0 atom stereocenters. The zero-order valence-corrected chi connectivity index (χ0v) is 14.9. The van der Waals surface area contributed by atoms with Crippen molar-refractivity contribution < 1.29 is 4.79 Å². The highest BCUT2D eigenvalue weighted by Crippen LogP contribution is 2.32. The van der Waals surface area contributed by atoms with Gasteiger partial charge in [-0.05, 0) is 42.0 Å². The van der Waals surface area contributed by atoms with Crippen LogP contribution in [0.25, 0.3) is 0 Å². The summed E-state index contributed by atoms with van der Waals surface area (Å²) in [5.74, 6) is 0.806. The van der Waals surface area contributed by atoms with Crippen molar-refractivity contribution in [2.45, 2.75) is 6.54 Å². The van der Waals surface area contributed by atoms with Crippen LogP contribution in [0.2, 0.25) is 5.02 Å². The Balaban J connectivity index is 1.63. The fraction of sp³-hybridized carbons (Fsp3) is 0.143. The Hall–Kier alpha value is -2.85. The minimum absolute atomic E-state index is 0.0322. The van der Waals surface area contributed by atoms with Crippen LogP contribution in [0.5, 0.6) is 0 Å². The zero-order chi connectivity index (χ0) is 17.9. The molecule has 0 aliphatic carbocycles. The van der Waals surface area contributed by atoms with Crippen LogP contribution in [0.1, 0.15) is 15.9 Å². The molecular formula is C21H18ClN3O. The Labute approximate surface area is 157 Å². The molecule has 1 amide bonds. The van der Waals surface area contributed by atoms with E-state index >= 15 is 0 Å². The number of hydrogen-bond acceptors (Lipinski definition) is 3. The van der Waals surface area contributed by atoms with E-state index in [2.05, 4.69) is 22.0 Å². The second kappa shape index (κ2) is 7.18. The molecule has 130 valence electrons. The summed E-state index contributed by atoms with van der Waals surface area (Å²) in [6.45, 7) is 2.12. The third kappa shape index (κ3) is 3.28. The topological polar surface area (TPSA) is 36.4 Å². The summed E-state index contributed by atoms with van der Waals surface area (Å²) in [5, 5.41) is 0.622. The molecule has 4 rings (SSSR count). The molecule has 0 saturated heterocycles. The van der Waals surface area contributed by atoms with Crippen LogP contribution in [0, 0.1) is 0 Å². The first kappa shape index (κ1) is 16.6. The predicted molar refractivity (Wildman–Crippen MR) is 105 cm³/mol. The molecular weight excluding hydrogens is 346 g/mol. The molecule has 2 heterocycles. The number of anilines is 2. The van der Waals surface area contributed by atoms with Gasteiger partial charge in [0.2, 0.25) is 0 Å². The molecule has 0 N–H and O–H groups in total. The fourth-order valence-corrected chi connectivity index (χ4v) is 3.33. The molecule has 0 spiro atoms. The number of halogens is 1. The van der Waals surface area contributed by atoms with Crippen LogP contribution in [0.3, 0.4) is 0 Å². The second-order valence-corrected chi connectivity index (χ2v) is 6.65. The Morgan fingerprint density at radius 3 is 2.50 bits per heavy atom. The van der Waals surface area contributed by atoms with E-state index in [4.69, 9.17) is 11.6 Å². The minimum Gasteiger partial charge on any atom is -0.349 e. The maximum atomic E-state index is 13.0. The standard InChI is InChI=1S/C21H18ClN3O/c22-18-10-8-17(9-11-18)21(26)25-14-13-24(15-16-5-2-1-3-6-16)20-19(25)7-4-12-23-20/h1-12H,13-15H2. The largest absolute Gasteiger partial charge is 0.349 e. The summed E-state index contributed by atoms with van der Waals surface area (Å²) < 4.78 is 0. The highest BCUT2D eigenvalue weighted by Gasteiger charge is 2.28. The average Bonchev–Trinajstić information content (AvgIpc) is 2.69. The molecule has 1 aromatic heterocycles. The van der Waals surface area contributed by atoms with E-state index in [9.17, 15) is 4.79 Å². The predicted octanol–water partition coefficient (Wildman–Crippen LogP) is 4.40. The highest BCUT2D eigenvalue weighted by molar-refractivity contribution is 6.30. The smallest absolute Gasteiger partial charge is 0.258 e. The number of carbonyl (C=O) groups is 1. The van der Waals surface area contributed by atoms with Crippen molar-refractivity contribution in [2.75, 3.05) is 22.9 Å². The van der Waals surface area contributed by atoms with Gasteiger partial charge in [-0.2, -0.15) is 0 Å². The molecule has 2 aromatic carbocycles. The molecule has 1 aliphatic heterocycles. The number of carbonyl (C=O) groups excluding carboxylic acids is 1. The number of benzene rings is 2. The summed E-state index contributed by atoms with van der Waals surface area (Å²) in [7, 11) is 0. The summed E-state index contributed by atoms with van der Waals surface area (Å²) in [6.07, 6.45) is 1.77. The molecule has 26 heavy (non-hydrogen) atoms. The molecule has 0 radical (unpaired) electrons. The lowest BCUT2D eigenvalue weighted by atomic mass is 10.1. The highest BCUT2D eigenvalue weighted by atomic mass is 35.5. The van der Waals surface area contributed by atoms with Gasteiger partial charge in [-0.25, -0.2) is 4.98 Å². The average molecular weight is 364 g/mol. The first-order chi connectivity index (χ1) is 12.7. The SMILES string of the molecule is O=C(c1ccc(Cl)cc1)N1CCN(Cc2ccccc2)c2ncccc21. The monoisotopic (exact) mass is 363 g/mol. The normalized spacial score (nSPS) is 13.4. The number of amides is 1. The zero-order valence-electron chi connectivity index (χ0n) is 14.2. The van der Waals surface area contributed by atoms with Gasteiger partial charge in [-0.1, -0.05) is 41.9 Å². The number of hydrogen-bond donors (Lipinski definition) is 0. The molecule has 0 saturated carbocycles. The summed E-state index contributed by atoms with van der Waals surface area (Å²) in [4.78, 5) is 21.5. The van der Waals surface area contributed by atoms with Crippen LogP contribution >= 0.6 is 11.6 Å². The van der Waals surface area contributed by atoms with Gasteiger partial charge in [-0.3, -0.25) is 4.79 Å². The second-order valence-electron chi connectivity index (χ2n) is 6.22. The maximum absolute atomic E-state index is 13.0. The number of rotatable bonds is 3. The molecule has 0 fully saturated rings. The van der Waals surface area contributed by atoms with Gasteiger partial charge in [0.05, 0.1) is 5.69 Å². The van der Waals surface area contributed by atoms with Crippen LogP contribution < -0.4 is 9.80 Å². The lowest BCUT2D eigenvalue weighted by Gasteiger charge is -2.36. The van der Waals surface area contributed by atoms with Gasteiger partial charge in [-0.15, -0.1) is 0 Å². The molecule has 1 aliphatic rings. The fourth-order valence-electron chi connectivity index (χ4n) is 3.21.